The largest absolute Gasteiger partial charge is 0.493 e. The SMILES string of the molecule is COc1ccc(C(C)N/C=C(/C#N)C(=O)NCc2ccccc2)cc1OC. The molecule has 2 aromatic rings. The fourth-order valence-corrected chi connectivity index (χ4v) is 2.45. The molecule has 1 atom stereocenters. The molecule has 0 aromatic heterocycles. The fraction of sp³-hybridized carbons (Fsp3) is 0.238. The Morgan fingerprint density at radius 2 is 1.85 bits per heavy atom. The molecule has 0 bridgehead atoms. The Kier molecular flexibility index (Phi) is 7.26. The Bertz CT molecular complexity index is 841. The van der Waals surface area contributed by atoms with Crippen molar-refractivity contribution < 1.29 is 14.3 Å². The number of nitrogens with zero attached hydrogens (tertiary/aromatic N) is 1. The van der Waals surface area contributed by atoms with Gasteiger partial charge in [-0.1, -0.05) is 36.4 Å². The third-order valence-corrected chi connectivity index (χ3v) is 4.05. The third-order valence-electron chi connectivity index (χ3n) is 4.05. The highest BCUT2D eigenvalue weighted by atomic mass is 16.5. The molecular weight excluding hydrogens is 342 g/mol. The van der Waals surface area contributed by atoms with Crippen LogP contribution in [-0.2, 0) is 11.3 Å². The molecule has 0 heterocycles. The van der Waals surface area contributed by atoms with E-state index in [0.717, 1.165) is 11.1 Å². The molecule has 0 fully saturated rings. The van der Waals surface area contributed by atoms with Crippen LogP contribution in [-0.4, -0.2) is 20.1 Å². The van der Waals surface area contributed by atoms with Gasteiger partial charge in [-0.2, -0.15) is 5.26 Å². The van der Waals surface area contributed by atoms with Crippen molar-refractivity contribution in [3.05, 3.63) is 71.4 Å². The van der Waals surface area contributed by atoms with E-state index in [0.29, 0.717) is 18.0 Å². The predicted octanol–water partition coefficient (Wildman–Crippen LogP) is 3.08. The van der Waals surface area contributed by atoms with Crippen molar-refractivity contribution in [1.82, 2.24) is 10.6 Å². The van der Waals surface area contributed by atoms with E-state index in [2.05, 4.69) is 10.6 Å². The summed E-state index contributed by atoms with van der Waals surface area (Å²) < 4.78 is 10.5. The normalized spacial score (nSPS) is 11.9. The van der Waals surface area contributed by atoms with E-state index in [1.54, 1.807) is 14.2 Å². The monoisotopic (exact) mass is 365 g/mol. The molecule has 1 amide bonds. The molecule has 140 valence electrons. The van der Waals surface area contributed by atoms with Crippen LogP contribution in [0.4, 0.5) is 0 Å². The van der Waals surface area contributed by atoms with Crippen molar-refractivity contribution in [2.24, 2.45) is 0 Å². The maximum Gasteiger partial charge on any atom is 0.263 e. The smallest absolute Gasteiger partial charge is 0.263 e. The van der Waals surface area contributed by atoms with Crippen LogP contribution in [0.1, 0.15) is 24.1 Å². The maximum absolute atomic E-state index is 12.2. The highest BCUT2D eigenvalue weighted by Crippen LogP contribution is 2.29. The van der Waals surface area contributed by atoms with Crippen LogP contribution in [0.3, 0.4) is 0 Å². The van der Waals surface area contributed by atoms with Crippen LogP contribution < -0.4 is 20.1 Å². The number of rotatable bonds is 8. The zero-order valence-corrected chi connectivity index (χ0v) is 15.7. The van der Waals surface area contributed by atoms with E-state index in [-0.39, 0.29) is 11.6 Å². The van der Waals surface area contributed by atoms with Crippen LogP contribution >= 0.6 is 0 Å². The van der Waals surface area contributed by atoms with Gasteiger partial charge in [-0.3, -0.25) is 4.79 Å². The van der Waals surface area contributed by atoms with Crippen LogP contribution in [0.25, 0.3) is 0 Å². The molecule has 27 heavy (non-hydrogen) atoms. The van der Waals surface area contributed by atoms with Gasteiger partial charge >= 0.3 is 0 Å². The number of methoxy groups -OCH3 is 2. The summed E-state index contributed by atoms with van der Waals surface area (Å²) in [7, 11) is 3.15. The number of ether oxygens (including phenoxy) is 2. The molecule has 6 heteroatoms. The number of hydrogen-bond donors (Lipinski definition) is 2. The molecule has 0 saturated carbocycles. The van der Waals surface area contributed by atoms with E-state index in [1.165, 1.54) is 6.20 Å². The molecule has 0 aliphatic carbocycles. The summed E-state index contributed by atoms with van der Waals surface area (Å²) in [5, 5.41) is 15.1. The lowest BCUT2D eigenvalue weighted by atomic mass is 10.1. The standard InChI is InChI=1S/C21H23N3O3/c1-15(17-9-10-19(26-2)20(11-17)27-3)23-14-18(12-22)21(25)24-13-16-7-5-4-6-8-16/h4-11,14-15,23H,13H2,1-3H3,(H,24,25)/b18-14-. The van der Waals surface area contributed by atoms with Crippen molar-refractivity contribution in [2.45, 2.75) is 19.5 Å². The number of hydrogen-bond acceptors (Lipinski definition) is 5. The van der Waals surface area contributed by atoms with Crippen molar-refractivity contribution in [2.75, 3.05) is 14.2 Å². The summed E-state index contributed by atoms with van der Waals surface area (Å²) in [5.41, 5.74) is 1.92. The number of benzene rings is 2. The minimum absolute atomic E-state index is 0.0123. The molecule has 2 N–H and O–H groups in total. The molecule has 0 radical (unpaired) electrons. The van der Waals surface area contributed by atoms with E-state index in [9.17, 15) is 10.1 Å². The Labute approximate surface area is 159 Å². The fourth-order valence-electron chi connectivity index (χ4n) is 2.45. The molecule has 0 aliphatic rings. The summed E-state index contributed by atoms with van der Waals surface area (Å²) in [4.78, 5) is 12.2. The number of carbonyl (C=O) groups excluding carboxylic acids is 1. The Morgan fingerprint density at radius 3 is 2.48 bits per heavy atom. The van der Waals surface area contributed by atoms with Gasteiger partial charge in [-0.15, -0.1) is 0 Å². The molecule has 0 spiro atoms. The minimum Gasteiger partial charge on any atom is -0.493 e. The van der Waals surface area contributed by atoms with Gasteiger partial charge in [0.2, 0.25) is 0 Å². The number of nitriles is 1. The molecule has 2 rings (SSSR count). The van der Waals surface area contributed by atoms with Gasteiger partial charge in [-0.25, -0.2) is 0 Å². The van der Waals surface area contributed by atoms with E-state index < -0.39 is 5.91 Å². The topological polar surface area (TPSA) is 83.4 Å². The second-order valence-electron chi connectivity index (χ2n) is 5.84. The molecule has 0 aliphatic heterocycles. The third kappa shape index (κ3) is 5.51. The average Bonchev–Trinajstić information content (AvgIpc) is 2.72. The highest BCUT2D eigenvalue weighted by molar-refractivity contribution is 5.97. The molecule has 2 aromatic carbocycles. The van der Waals surface area contributed by atoms with E-state index in [1.807, 2.05) is 61.5 Å². The molecular formula is C21H23N3O3. The van der Waals surface area contributed by atoms with Gasteiger partial charge in [0.15, 0.2) is 11.5 Å². The van der Waals surface area contributed by atoms with Crippen LogP contribution in [0.15, 0.2) is 60.3 Å². The number of carbonyl (C=O) groups is 1. The Morgan fingerprint density at radius 1 is 1.15 bits per heavy atom. The lowest BCUT2D eigenvalue weighted by Gasteiger charge is -2.15. The first-order valence-corrected chi connectivity index (χ1v) is 8.49. The second kappa shape index (κ2) is 9.88. The zero-order chi connectivity index (χ0) is 19.6. The summed E-state index contributed by atoms with van der Waals surface area (Å²) in [6.45, 7) is 2.29. The van der Waals surface area contributed by atoms with Gasteiger partial charge in [-0.05, 0) is 30.2 Å². The average molecular weight is 365 g/mol. The second-order valence-corrected chi connectivity index (χ2v) is 5.84. The first-order valence-electron chi connectivity index (χ1n) is 8.49. The summed E-state index contributed by atoms with van der Waals surface area (Å²) in [5.74, 6) is 0.837. The van der Waals surface area contributed by atoms with Crippen molar-refractivity contribution >= 4 is 5.91 Å². The van der Waals surface area contributed by atoms with Gasteiger partial charge in [0.25, 0.3) is 5.91 Å². The predicted molar refractivity (Wildman–Crippen MR) is 103 cm³/mol. The van der Waals surface area contributed by atoms with Crippen LogP contribution in [0.2, 0.25) is 0 Å². The maximum atomic E-state index is 12.2. The molecule has 1 unspecified atom stereocenters. The Balaban J connectivity index is 2.01. The minimum atomic E-state index is -0.423. The van der Waals surface area contributed by atoms with Crippen LogP contribution in [0.5, 0.6) is 11.5 Å². The van der Waals surface area contributed by atoms with Gasteiger partial charge in [0.05, 0.1) is 14.2 Å². The lowest BCUT2D eigenvalue weighted by Crippen LogP contribution is -2.25. The number of amides is 1. The first kappa shape index (κ1) is 19.9. The van der Waals surface area contributed by atoms with Gasteiger partial charge in [0.1, 0.15) is 11.6 Å². The Hall–Kier alpha value is -3.46. The molecule has 0 saturated heterocycles. The highest BCUT2D eigenvalue weighted by Gasteiger charge is 2.12. The molecule has 6 nitrogen and oxygen atoms in total. The zero-order valence-electron chi connectivity index (χ0n) is 15.7. The van der Waals surface area contributed by atoms with Crippen molar-refractivity contribution in [1.29, 1.82) is 5.26 Å². The summed E-state index contributed by atoms with van der Waals surface area (Å²) in [6.07, 6.45) is 1.43. The van der Waals surface area contributed by atoms with Crippen LogP contribution in [0, 0.1) is 11.3 Å². The first-order chi connectivity index (χ1) is 13.1. The van der Waals surface area contributed by atoms with Gasteiger partial charge < -0.3 is 20.1 Å². The quantitative estimate of drug-likeness (QED) is 0.555. The number of nitrogens with one attached hydrogen (secondary N) is 2. The van der Waals surface area contributed by atoms with Crippen molar-refractivity contribution in [3.8, 4) is 17.6 Å². The summed E-state index contributed by atoms with van der Waals surface area (Å²) in [6, 6.07) is 16.9. The summed E-state index contributed by atoms with van der Waals surface area (Å²) >= 11 is 0. The van der Waals surface area contributed by atoms with Gasteiger partial charge in [0, 0.05) is 18.8 Å². The van der Waals surface area contributed by atoms with Crippen molar-refractivity contribution in [3.63, 3.8) is 0 Å². The van der Waals surface area contributed by atoms with E-state index >= 15 is 0 Å². The van der Waals surface area contributed by atoms with E-state index in [4.69, 9.17) is 9.47 Å². The lowest BCUT2D eigenvalue weighted by molar-refractivity contribution is -0.117.